The average Bonchev–Trinajstić information content (AvgIpc) is 3.35. The van der Waals surface area contributed by atoms with Crippen LogP contribution >= 0.6 is 11.3 Å². The molecule has 1 amide bonds. The van der Waals surface area contributed by atoms with Gasteiger partial charge in [-0.15, -0.1) is 11.3 Å². The first kappa shape index (κ1) is 21.5. The summed E-state index contributed by atoms with van der Waals surface area (Å²) in [6.07, 6.45) is 0.587. The number of thiazole rings is 1. The van der Waals surface area contributed by atoms with E-state index in [1.54, 1.807) is 0 Å². The molecule has 29 heavy (non-hydrogen) atoms. The molecule has 2 aliphatic heterocycles. The van der Waals surface area contributed by atoms with Crippen LogP contribution in [0.4, 0.5) is 0 Å². The van der Waals surface area contributed by atoms with Gasteiger partial charge in [-0.2, -0.15) is 0 Å². The minimum absolute atomic E-state index is 0.221. The number of fused-ring (bicyclic) bond motifs is 1. The molecule has 2 aliphatic rings. The number of rotatable bonds is 4. The first-order chi connectivity index (χ1) is 14.0. The fourth-order valence-electron chi connectivity index (χ4n) is 4.60. The zero-order valence-corrected chi connectivity index (χ0v) is 18.1. The molecule has 0 aliphatic carbocycles. The van der Waals surface area contributed by atoms with Crippen molar-refractivity contribution in [3.05, 3.63) is 51.5 Å². The van der Waals surface area contributed by atoms with Crippen molar-refractivity contribution in [3.63, 3.8) is 0 Å². The predicted octanol–water partition coefficient (Wildman–Crippen LogP) is 3.50. The van der Waals surface area contributed by atoms with Gasteiger partial charge in [0.15, 0.2) is 0 Å². The van der Waals surface area contributed by atoms with E-state index in [9.17, 15) is 4.79 Å². The molecule has 1 N–H and O–H groups in total. The van der Waals surface area contributed by atoms with Crippen molar-refractivity contribution in [3.8, 4) is 0 Å². The molecule has 2 saturated heterocycles. The quantitative estimate of drug-likeness (QED) is 0.774. The molecule has 6 nitrogen and oxygen atoms in total. The minimum Gasteiger partial charge on any atom is -0.483 e. The summed E-state index contributed by atoms with van der Waals surface area (Å²) < 4.78 is 0. The van der Waals surface area contributed by atoms with Gasteiger partial charge in [-0.3, -0.25) is 14.5 Å². The molecule has 0 spiro atoms. The van der Waals surface area contributed by atoms with Crippen LogP contribution in [-0.4, -0.2) is 51.9 Å². The number of nitrogens with zero attached hydrogens (tertiary/aromatic N) is 3. The molecule has 4 rings (SSSR count). The highest BCUT2D eigenvalue weighted by atomic mass is 32.1. The normalized spacial score (nSPS) is 23.4. The van der Waals surface area contributed by atoms with E-state index >= 15 is 0 Å². The van der Waals surface area contributed by atoms with Crippen LogP contribution in [0.5, 0.6) is 0 Å². The molecule has 2 aromatic rings. The zero-order valence-electron chi connectivity index (χ0n) is 17.2. The molecule has 3 atom stereocenters. The van der Waals surface area contributed by atoms with E-state index in [0.29, 0.717) is 18.3 Å². The molecule has 0 radical (unpaired) electrons. The van der Waals surface area contributed by atoms with Gasteiger partial charge in [0.05, 0.1) is 18.3 Å². The van der Waals surface area contributed by atoms with Crippen molar-refractivity contribution in [2.24, 2.45) is 11.8 Å². The summed E-state index contributed by atoms with van der Waals surface area (Å²) in [7, 11) is 0. The average molecular weight is 416 g/mol. The van der Waals surface area contributed by atoms with E-state index in [2.05, 4.69) is 54.0 Å². The SMILES string of the molecule is CCC(=O)N1C[C@@H]2CN(Cc3nc(C)c(C)s3)C[C@@H]2[C@H]1c1ccccc1.O=CO. The van der Waals surface area contributed by atoms with E-state index in [1.807, 2.05) is 18.3 Å². The third-order valence-corrected chi connectivity index (χ3v) is 6.99. The van der Waals surface area contributed by atoms with Gasteiger partial charge >= 0.3 is 0 Å². The van der Waals surface area contributed by atoms with Gasteiger partial charge in [-0.05, 0) is 25.3 Å². The van der Waals surface area contributed by atoms with E-state index < -0.39 is 0 Å². The van der Waals surface area contributed by atoms with Crippen LogP contribution in [-0.2, 0) is 16.1 Å². The first-order valence-electron chi connectivity index (χ1n) is 10.1. The van der Waals surface area contributed by atoms with Gasteiger partial charge in [0.2, 0.25) is 5.91 Å². The Bertz CT molecular complexity index is 820. The van der Waals surface area contributed by atoms with E-state index in [-0.39, 0.29) is 18.4 Å². The van der Waals surface area contributed by atoms with E-state index in [1.165, 1.54) is 15.4 Å². The second-order valence-corrected chi connectivity index (χ2v) is 9.02. The van der Waals surface area contributed by atoms with E-state index in [0.717, 1.165) is 31.9 Å². The van der Waals surface area contributed by atoms with Gasteiger partial charge in [0.25, 0.3) is 6.47 Å². The summed E-state index contributed by atoms with van der Waals surface area (Å²) in [6, 6.07) is 10.8. The lowest BCUT2D eigenvalue weighted by Gasteiger charge is -2.29. The van der Waals surface area contributed by atoms with Gasteiger partial charge in [0.1, 0.15) is 5.01 Å². The lowest BCUT2D eigenvalue weighted by atomic mass is 9.89. The second kappa shape index (κ2) is 9.50. The van der Waals surface area contributed by atoms with Gasteiger partial charge in [-0.25, -0.2) is 4.98 Å². The summed E-state index contributed by atoms with van der Waals surface area (Å²) in [5.41, 5.74) is 2.44. The summed E-state index contributed by atoms with van der Waals surface area (Å²) >= 11 is 1.82. The van der Waals surface area contributed by atoms with Gasteiger partial charge in [0, 0.05) is 36.9 Å². The number of aromatic nitrogens is 1. The maximum Gasteiger partial charge on any atom is 0.290 e. The second-order valence-electron chi connectivity index (χ2n) is 7.73. The highest BCUT2D eigenvalue weighted by Crippen LogP contribution is 2.45. The molecule has 1 aromatic heterocycles. The standard InChI is InChI=1S/C21H27N3OS.CH2O2/c1-4-20(25)24-11-17-10-23(13-19-22-14(2)15(3)26-19)12-18(17)21(24)16-8-6-5-7-9-16;2-1-3/h5-9,17-18,21H,4,10-13H2,1-3H3;1H,(H,2,3)/t17-,18-,21+;/m0./s1. The number of hydrogen-bond acceptors (Lipinski definition) is 5. The number of likely N-dealkylation sites (tertiary alicyclic amines) is 2. The zero-order chi connectivity index (χ0) is 21.0. The third kappa shape index (κ3) is 4.67. The van der Waals surface area contributed by atoms with Crippen LogP contribution < -0.4 is 0 Å². The Morgan fingerprint density at radius 1 is 1.24 bits per heavy atom. The number of carbonyl (C=O) groups excluding carboxylic acids is 1. The van der Waals surface area contributed by atoms with Crippen molar-refractivity contribution >= 4 is 23.7 Å². The number of benzene rings is 1. The van der Waals surface area contributed by atoms with Crippen molar-refractivity contribution in [1.29, 1.82) is 0 Å². The van der Waals surface area contributed by atoms with Crippen LogP contribution in [0, 0.1) is 25.7 Å². The molecule has 156 valence electrons. The van der Waals surface area contributed by atoms with Crippen molar-refractivity contribution in [2.75, 3.05) is 19.6 Å². The van der Waals surface area contributed by atoms with Crippen LogP contribution in [0.2, 0.25) is 0 Å². The molecular formula is C22H29N3O3S. The number of amides is 1. The number of carboxylic acid groups (broad SMARTS) is 1. The molecule has 2 fully saturated rings. The summed E-state index contributed by atoms with van der Waals surface area (Å²) in [6.45, 7) is 9.91. The van der Waals surface area contributed by atoms with Crippen LogP contribution in [0.15, 0.2) is 30.3 Å². The third-order valence-electron chi connectivity index (χ3n) is 5.94. The monoisotopic (exact) mass is 415 g/mol. The molecule has 0 unspecified atom stereocenters. The topological polar surface area (TPSA) is 73.7 Å². The van der Waals surface area contributed by atoms with Gasteiger partial charge < -0.3 is 10.0 Å². The van der Waals surface area contributed by atoms with Gasteiger partial charge in [-0.1, -0.05) is 37.3 Å². The fraction of sp³-hybridized carbons (Fsp3) is 0.500. The Hall–Kier alpha value is -2.25. The molecule has 0 saturated carbocycles. The number of hydrogen-bond donors (Lipinski definition) is 1. The molecule has 1 aromatic carbocycles. The number of carbonyl (C=O) groups is 2. The van der Waals surface area contributed by atoms with Crippen molar-refractivity contribution < 1.29 is 14.7 Å². The maximum absolute atomic E-state index is 12.5. The Balaban J connectivity index is 0.000000755. The molecule has 0 bridgehead atoms. The Labute approximate surface area is 176 Å². The molecule has 3 heterocycles. The summed E-state index contributed by atoms with van der Waals surface area (Å²) in [5, 5.41) is 8.11. The first-order valence-corrected chi connectivity index (χ1v) is 10.9. The Morgan fingerprint density at radius 2 is 1.93 bits per heavy atom. The van der Waals surface area contributed by atoms with Crippen LogP contribution in [0.25, 0.3) is 0 Å². The fourth-order valence-corrected chi connectivity index (χ4v) is 5.58. The minimum atomic E-state index is -0.250. The predicted molar refractivity (Wildman–Crippen MR) is 114 cm³/mol. The largest absolute Gasteiger partial charge is 0.483 e. The smallest absolute Gasteiger partial charge is 0.290 e. The van der Waals surface area contributed by atoms with Crippen LogP contribution in [0.1, 0.15) is 40.5 Å². The lowest BCUT2D eigenvalue weighted by Crippen LogP contribution is -2.35. The molecular weight excluding hydrogens is 386 g/mol. The maximum atomic E-state index is 12.5. The van der Waals surface area contributed by atoms with Crippen molar-refractivity contribution in [1.82, 2.24) is 14.8 Å². The van der Waals surface area contributed by atoms with Crippen LogP contribution in [0.3, 0.4) is 0 Å². The summed E-state index contributed by atoms with van der Waals surface area (Å²) in [4.78, 5) is 31.6. The summed E-state index contributed by atoms with van der Waals surface area (Å²) in [5.74, 6) is 1.37. The highest BCUT2D eigenvalue weighted by molar-refractivity contribution is 7.11. The Morgan fingerprint density at radius 3 is 2.52 bits per heavy atom. The Kier molecular flexibility index (Phi) is 7.03. The highest BCUT2D eigenvalue weighted by Gasteiger charge is 2.48. The lowest BCUT2D eigenvalue weighted by molar-refractivity contribution is -0.132. The molecule has 7 heteroatoms. The van der Waals surface area contributed by atoms with E-state index in [4.69, 9.17) is 14.9 Å². The number of aryl methyl sites for hydroxylation is 2. The van der Waals surface area contributed by atoms with Crippen molar-refractivity contribution in [2.45, 2.75) is 39.8 Å².